The molecule has 0 saturated carbocycles. The number of amides is 1. The summed E-state index contributed by atoms with van der Waals surface area (Å²) in [6, 6.07) is 1.91. The molecule has 2 atom stereocenters. The van der Waals surface area contributed by atoms with Crippen LogP contribution in [0.5, 0.6) is 0 Å². The first kappa shape index (κ1) is 12.7. The number of piperidine rings is 1. The third-order valence-corrected chi connectivity index (χ3v) is 3.22. The number of rotatable bonds is 3. The van der Waals surface area contributed by atoms with Gasteiger partial charge in [0.2, 0.25) is 0 Å². The number of likely N-dealkylation sites (tertiary alicyclic amines) is 1. The number of hydrogen-bond acceptors (Lipinski definition) is 2. The average molecular weight is 224 g/mol. The molecular weight excluding hydrogens is 207 g/mol. The summed E-state index contributed by atoms with van der Waals surface area (Å²) in [6.07, 6.45) is 3.00. The summed E-state index contributed by atoms with van der Waals surface area (Å²) < 4.78 is 12.8. The van der Waals surface area contributed by atoms with E-state index in [2.05, 4.69) is 19.6 Å². The van der Waals surface area contributed by atoms with Gasteiger partial charge in [-0.2, -0.15) is 5.26 Å². The van der Waals surface area contributed by atoms with Gasteiger partial charge in [0.15, 0.2) is 5.83 Å². The van der Waals surface area contributed by atoms with Crippen molar-refractivity contribution in [2.24, 2.45) is 5.92 Å². The van der Waals surface area contributed by atoms with Gasteiger partial charge >= 0.3 is 0 Å². The largest absolute Gasteiger partial charge is 0.333 e. The van der Waals surface area contributed by atoms with Gasteiger partial charge in [0.05, 0.1) is 12.5 Å². The molecule has 16 heavy (non-hydrogen) atoms. The van der Waals surface area contributed by atoms with Crippen molar-refractivity contribution in [3.05, 3.63) is 12.4 Å². The highest BCUT2D eigenvalue weighted by Gasteiger charge is 2.31. The second-order valence-electron chi connectivity index (χ2n) is 4.22. The van der Waals surface area contributed by atoms with E-state index in [0.29, 0.717) is 12.5 Å². The van der Waals surface area contributed by atoms with Gasteiger partial charge < -0.3 is 4.90 Å². The first-order valence-corrected chi connectivity index (χ1v) is 5.62. The molecule has 0 aliphatic carbocycles. The fourth-order valence-corrected chi connectivity index (χ4v) is 2.23. The van der Waals surface area contributed by atoms with Crippen LogP contribution in [0.2, 0.25) is 0 Å². The lowest BCUT2D eigenvalue weighted by molar-refractivity contribution is -0.132. The van der Waals surface area contributed by atoms with E-state index in [1.54, 1.807) is 0 Å². The standard InChI is InChI=1S/C12H17FN2O/c1-3-10-5-7-15(12(16)9(2)13)11(8-10)4-6-14/h10-11H,2-5,7-8H2,1H3/t10-,11+/m0/s1. The van der Waals surface area contributed by atoms with Crippen molar-refractivity contribution in [3.8, 4) is 6.07 Å². The topological polar surface area (TPSA) is 44.1 Å². The molecule has 0 spiro atoms. The second-order valence-corrected chi connectivity index (χ2v) is 4.22. The van der Waals surface area contributed by atoms with E-state index in [1.165, 1.54) is 4.90 Å². The number of carbonyl (C=O) groups excluding carboxylic acids is 1. The van der Waals surface area contributed by atoms with Crippen LogP contribution in [-0.4, -0.2) is 23.4 Å². The molecule has 0 radical (unpaired) electrons. The maximum absolute atomic E-state index is 12.8. The van der Waals surface area contributed by atoms with Crippen LogP contribution in [0.25, 0.3) is 0 Å². The van der Waals surface area contributed by atoms with Crippen LogP contribution in [0, 0.1) is 17.2 Å². The Morgan fingerprint density at radius 2 is 2.38 bits per heavy atom. The van der Waals surface area contributed by atoms with E-state index in [-0.39, 0.29) is 12.5 Å². The van der Waals surface area contributed by atoms with Crippen LogP contribution < -0.4 is 0 Å². The van der Waals surface area contributed by atoms with Crippen LogP contribution in [0.1, 0.15) is 32.6 Å². The predicted molar refractivity (Wildman–Crippen MR) is 59.0 cm³/mol. The van der Waals surface area contributed by atoms with Gasteiger partial charge in [-0.05, 0) is 18.8 Å². The highest BCUT2D eigenvalue weighted by atomic mass is 19.1. The maximum atomic E-state index is 12.8. The quantitative estimate of drug-likeness (QED) is 0.691. The smallest absolute Gasteiger partial charge is 0.282 e. The van der Waals surface area contributed by atoms with E-state index in [0.717, 1.165) is 19.3 Å². The predicted octanol–water partition coefficient (Wildman–Crippen LogP) is 2.40. The van der Waals surface area contributed by atoms with Gasteiger partial charge in [-0.1, -0.05) is 19.9 Å². The number of nitrogens with zero attached hydrogens (tertiary/aromatic N) is 2. The molecule has 1 fully saturated rings. The SMILES string of the molecule is C=C(F)C(=O)N1CC[C@H](CC)C[C@H]1CC#N. The molecule has 1 rings (SSSR count). The van der Waals surface area contributed by atoms with E-state index in [9.17, 15) is 9.18 Å². The lowest BCUT2D eigenvalue weighted by atomic mass is 9.87. The zero-order chi connectivity index (χ0) is 12.1. The minimum absolute atomic E-state index is 0.149. The zero-order valence-electron chi connectivity index (χ0n) is 9.58. The molecule has 1 aliphatic heterocycles. The third kappa shape index (κ3) is 2.82. The van der Waals surface area contributed by atoms with E-state index >= 15 is 0 Å². The molecule has 1 aliphatic rings. The van der Waals surface area contributed by atoms with Crippen LogP contribution in [0.3, 0.4) is 0 Å². The first-order valence-electron chi connectivity index (χ1n) is 5.62. The molecule has 1 amide bonds. The van der Waals surface area contributed by atoms with Gasteiger partial charge in [0.1, 0.15) is 0 Å². The number of carbonyl (C=O) groups is 1. The van der Waals surface area contributed by atoms with Crippen molar-refractivity contribution < 1.29 is 9.18 Å². The van der Waals surface area contributed by atoms with Gasteiger partial charge in [0.25, 0.3) is 5.91 Å². The van der Waals surface area contributed by atoms with Crippen molar-refractivity contribution in [2.75, 3.05) is 6.54 Å². The van der Waals surface area contributed by atoms with E-state index in [1.807, 2.05) is 0 Å². The monoisotopic (exact) mass is 224 g/mol. The van der Waals surface area contributed by atoms with Gasteiger partial charge in [-0.25, -0.2) is 4.39 Å². The number of hydrogen-bond donors (Lipinski definition) is 0. The van der Waals surface area contributed by atoms with Gasteiger partial charge in [-0.3, -0.25) is 4.79 Å². The molecular formula is C12H17FN2O. The van der Waals surface area contributed by atoms with Crippen LogP contribution in [-0.2, 0) is 4.79 Å². The lowest BCUT2D eigenvalue weighted by Gasteiger charge is -2.38. The molecule has 1 heterocycles. The summed E-state index contributed by atoms with van der Waals surface area (Å²) in [6.45, 7) is 5.65. The third-order valence-electron chi connectivity index (χ3n) is 3.22. The van der Waals surface area contributed by atoms with Crippen molar-refractivity contribution in [1.29, 1.82) is 5.26 Å². The first-order chi connectivity index (χ1) is 7.60. The Morgan fingerprint density at radius 3 is 2.88 bits per heavy atom. The zero-order valence-corrected chi connectivity index (χ0v) is 9.58. The van der Waals surface area contributed by atoms with Crippen molar-refractivity contribution in [2.45, 2.75) is 38.6 Å². The average Bonchev–Trinajstić information content (AvgIpc) is 2.28. The van der Waals surface area contributed by atoms with Crippen LogP contribution in [0.4, 0.5) is 4.39 Å². The molecule has 0 unspecified atom stereocenters. The fourth-order valence-electron chi connectivity index (χ4n) is 2.23. The Labute approximate surface area is 95.5 Å². The Bertz CT molecular complexity index is 321. The number of nitriles is 1. The lowest BCUT2D eigenvalue weighted by Crippen LogP contribution is -2.46. The fraction of sp³-hybridized carbons (Fsp3) is 0.667. The minimum atomic E-state index is -0.933. The van der Waals surface area contributed by atoms with Crippen LogP contribution in [0.15, 0.2) is 12.4 Å². The molecule has 0 bridgehead atoms. The summed E-state index contributed by atoms with van der Waals surface area (Å²) in [5.74, 6) is -1.05. The molecule has 4 heteroatoms. The maximum Gasteiger partial charge on any atom is 0.282 e. The van der Waals surface area contributed by atoms with Gasteiger partial charge in [-0.15, -0.1) is 0 Å². The minimum Gasteiger partial charge on any atom is -0.333 e. The summed E-state index contributed by atoms with van der Waals surface area (Å²) in [5, 5.41) is 8.71. The Morgan fingerprint density at radius 1 is 1.69 bits per heavy atom. The molecule has 0 aromatic carbocycles. The molecule has 88 valence electrons. The summed E-state index contributed by atoms with van der Waals surface area (Å²) in [5.41, 5.74) is 0. The Balaban J connectivity index is 2.72. The highest BCUT2D eigenvalue weighted by Crippen LogP contribution is 2.27. The molecule has 0 N–H and O–H groups in total. The molecule has 0 aromatic rings. The van der Waals surface area contributed by atoms with Crippen molar-refractivity contribution in [3.63, 3.8) is 0 Å². The van der Waals surface area contributed by atoms with E-state index in [4.69, 9.17) is 5.26 Å². The molecule has 3 nitrogen and oxygen atoms in total. The summed E-state index contributed by atoms with van der Waals surface area (Å²) in [4.78, 5) is 13.0. The molecule has 1 saturated heterocycles. The Kier molecular flexibility index (Phi) is 4.48. The Hall–Kier alpha value is -1.37. The highest BCUT2D eigenvalue weighted by molar-refractivity contribution is 5.90. The second kappa shape index (κ2) is 5.64. The summed E-state index contributed by atoms with van der Waals surface area (Å²) in [7, 11) is 0. The van der Waals surface area contributed by atoms with Crippen LogP contribution >= 0.6 is 0 Å². The molecule has 0 aromatic heterocycles. The summed E-state index contributed by atoms with van der Waals surface area (Å²) >= 11 is 0. The number of halogens is 1. The van der Waals surface area contributed by atoms with E-state index < -0.39 is 11.7 Å². The van der Waals surface area contributed by atoms with Crippen molar-refractivity contribution in [1.82, 2.24) is 4.90 Å². The normalized spacial score (nSPS) is 24.9. The van der Waals surface area contributed by atoms with Crippen molar-refractivity contribution >= 4 is 5.91 Å². The van der Waals surface area contributed by atoms with Gasteiger partial charge in [0, 0.05) is 12.6 Å².